The highest BCUT2D eigenvalue weighted by Crippen LogP contribution is 2.33. The molecule has 4 rings (SSSR count). The first-order chi connectivity index (χ1) is 16.8. The van der Waals surface area contributed by atoms with Gasteiger partial charge in [-0.15, -0.1) is 0 Å². The Hall–Kier alpha value is -2.36. The van der Waals surface area contributed by atoms with E-state index >= 15 is 0 Å². The molecule has 0 spiro atoms. The highest BCUT2D eigenvalue weighted by atomic mass is 16.5. The van der Waals surface area contributed by atoms with Gasteiger partial charge >= 0.3 is 0 Å². The number of hydrogen-bond donors (Lipinski definition) is 7. The van der Waals surface area contributed by atoms with Crippen LogP contribution >= 0.6 is 0 Å². The lowest BCUT2D eigenvalue weighted by Gasteiger charge is -2.40. The van der Waals surface area contributed by atoms with Gasteiger partial charge in [0.1, 0.15) is 42.7 Å². The van der Waals surface area contributed by atoms with Gasteiger partial charge in [-0.2, -0.15) is 0 Å². The molecule has 7 N–H and O–H groups in total. The smallest absolute Gasteiger partial charge is 0.113 e. The number of benzene rings is 2. The van der Waals surface area contributed by atoms with Gasteiger partial charge in [0.2, 0.25) is 0 Å². The molecule has 0 saturated carbocycles. The Labute approximate surface area is 202 Å². The zero-order valence-corrected chi connectivity index (χ0v) is 18.9. The predicted octanol–water partition coefficient (Wildman–Crippen LogP) is -0.855. The van der Waals surface area contributed by atoms with Gasteiger partial charge < -0.3 is 45.2 Å². The van der Waals surface area contributed by atoms with Crippen LogP contribution in [0.15, 0.2) is 48.5 Å². The predicted molar refractivity (Wildman–Crippen MR) is 123 cm³/mol. The first-order valence-corrected chi connectivity index (χ1v) is 11.5. The maximum atomic E-state index is 10.4. The Balaban J connectivity index is 1.54. The van der Waals surface area contributed by atoms with Crippen LogP contribution in [0.1, 0.15) is 40.9 Å². The van der Waals surface area contributed by atoms with E-state index in [9.17, 15) is 35.7 Å². The average Bonchev–Trinajstić information content (AvgIpc) is 2.88. The largest absolute Gasteiger partial charge is 0.394 e. The van der Waals surface area contributed by atoms with E-state index in [2.05, 4.69) is 11.8 Å². The molecule has 2 fully saturated rings. The molecular formula is C26H30O9. The molecule has 2 aliphatic rings. The molecule has 9 nitrogen and oxygen atoms in total. The van der Waals surface area contributed by atoms with E-state index in [1.54, 1.807) is 48.5 Å². The normalized spacial score (nSPS) is 35.2. The van der Waals surface area contributed by atoms with Crippen LogP contribution in [0, 0.1) is 11.8 Å². The van der Waals surface area contributed by atoms with Gasteiger partial charge in [-0.3, -0.25) is 0 Å². The van der Waals surface area contributed by atoms with E-state index in [1.807, 2.05) is 0 Å². The Morgan fingerprint density at radius 3 is 1.80 bits per heavy atom. The van der Waals surface area contributed by atoms with Gasteiger partial charge in [0, 0.05) is 17.5 Å². The first-order valence-electron chi connectivity index (χ1n) is 11.5. The quantitative estimate of drug-likeness (QED) is 0.273. The summed E-state index contributed by atoms with van der Waals surface area (Å²) in [5.41, 5.74) is 2.40. The lowest BCUT2D eigenvalue weighted by molar-refractivity contribution is -0.231. The fourth-order valence-corrected chi connectivity index (χ4v) is 4.46. The Bertz CT molecular complexity index is 1060. The van der Waals surface area contributed by atoms with Gasteiger partial charge in [-0.1, -0.05) is 36.1 Å². The van der Waals surface area contributed by atoms with Crippen LogP contribution in [-0.4, -0.2) is 91.7 Å². The molecule has 2 aliphatic heterocycles. The van der Waals surface area contributed by atoms with Gasteiger partial charge in [0.25, 0.3) is 0 Å². The van der Waals surface area contributed by atoms with Crippen LogP contribution in [0.5, 0.6) is 0 Å². The van der Waals surface area contributed by atoms with Crippen molar-refractivity contribution in [1.82, 2.24) is 0 Å². The molecule has 0 radical (unpaired) electrons. The lowest BCUT2D eigenvalue weighted by Crippen LogP contribution is -2.55. The number of aliphatic hydroxyl groups is 7. The molecule has 9 heteroatoms. The number of aliphatic hydroxyl groups excluding tert-OH is 7. The van der Waals surface area contributed by atoms with Gasteiger partial charge in [0.05, 0.1) is 25.4 Å². The van der Waals surface area contributed by atoms with Gasteiger partial charge in [0.15, 0.2) is 0 Å². The summed E-state index contributed by atoms with van der Waals surface area (Å²) >= 11 is 0. The second-order valence-corrected chi connectivity index (χ2v) is 8.91. The SMILES string of the molecule is OC[C@@H]1C[C@H](O)[C@H](O)[C@@H](c2cccc(C#Cc3cccc([C@H]4O[C@H](CO)[C@@H](O)[C@H](O)[C@@H]4O)c3)c2)O1. The average molecular weight is 487 g/mol. The maximum Gasteiger partial charge on any atom is 0.113 e. The molecule has 2 saturated heterocycles. The molecule has 0 bridgehead atoms. The van der Waals surface area contributed by atoms with Crippen LogP contribution in [-0.2, 0) is 9.47 Å². The van der Waals surface area contributed by atoms with Crippen molar-refractivity contribution in [2.45, 2.75) is 61.4 Å². The third kappa shape index (κ3) is 5.57. The van der Waals surface area contributed by atoms with Crippen molar-refractivity contribution in [3.8, 4) is 11.8 Å². The molecular weight excluding hydrogens is 456 g/mol. The molecule has 0 aromatic heterocycles. The fourth-order valence-electron chi connectivity index (χ4n) is 4.46. The standard InChI is InChI=1S/C26H30O9/c27-12-18-11-19(29)21(30)25(34-18)16-5-1-3-14(9-16)7-8-15-4-2-6-17(10-15)26-24(33)23(32)22(31)20(13-28)35-26/h1-6,9-10,18-33H,11-13H2/t18-,19-,20+,21-,22+,23-,24-,25+,26+/m0/s1. The molecule has 0 amide bonds. The second kappa shape index (κ2) is 11.1. The zero-order chi connectivity index (χ0) is 25.1. The number of ether oxygens (including phenoxy) is 2. The van der Waals surface area contributed by atoms with Crippen LogP contribution in [0.3, 0.4) is 0 Å². The summed E-state index contributed by atoms with van der Waals surface area (Å²) in [5, 5.41) is 69.8. The van der Waals surface area contributed by atoms with Crippen molar-refractivity contribution in [2.24, 2.45) is 0 Å². The third-order valence-electron chi connectivity index (χ3n) is 6.43. The Morgan fingerprint density at radius 1 is 0.686 bits per heavy atom. The topological polar surface area (TPSA) is 160 Å². The van der Waals surface area contributed by atoms with Gasteiger partial charge in [-0.05, 0) is 35.4 Å². The van der Waals surface area contributed by atoms with Crippen LogP contribution in [0.2, 0.25) is 0 Å². The summed E-state index contributed by atoms with van der Waals surface area (Å²) in [5.74, 6) is 6.07. The Morgan fingerprint density at radius 2 is 1.26 bits per heavy atom. The molecule has 0 unspecified atom stereocenters. The van der Waals surface area contributed by atoms with E-state index in [1.165, 1.54) is 0 Å². The lowest BCUT2D eigenvalue weighted by atomic mass is 9.90. The first kappa shape index (κ1) is 25.7. The van der Waals surface area contributed by atoms with Crippen LogP contribution in [0.4, 0.5) is 0 Å². The molecule has 188 valence electrons. The van der Waals surface area contributed by atoms with E-state index < -0.39 is 61.5 Å². The van der Waals surface area contributed by atoms with Crippen LogP contribution in [0.25, 0.3) is 0 Å². The third-order valence-corrected chi connectivity index (χ3v) is 6.43. The van der Waals surface area contributed by atoms with E-state index in [4.69, 9.17) is 9.47 Å². The summed E-state index contributed by atoms with van der Waals surface area (Å²) in [7, 11) is 0. The summed E-state index contributed by atoms with van der Waals surface area (Å²) in [6.45, 7) is -0.767. The van der Waals surface area contributed by atoms with Crippen molar-refractivity contribution in [3.05, 3.63) is 70.8 Å². The summed E-state index contributed by atoms with van der Waals surface area (Å²) < 4.78 is 11.4. The second-order valence-electron chi connectivity index (χ2n) is 8.91. The van der Waals surface area contributed by atoms with Crippen molar-refractivity contribution in [1.29, 1.82) is 0 Å². The Kier molecular flexibility index (Phi) is 8.19. The van der Waals surface area contributed by atoms with E-state index in [-0.39, 0.29) is 13.0 Å². The highest BCUT2D eigenvalue weighted by molar-refractivity contribution is 5.45. The van der Waals surface area contributed by atoms with Crippen molar-refractivity contribution >= 4 is 0 Å². The van der Waals surface area contributed by atoms with Crippen molar-refractivity contribution < 1.29 is 45.2 Å². The van der Waals surface area contributed by atoms with Gasteiger partial charge in [-0.25, -0.2) is 0 Å². The fraction of sp³-hybridized carbons (Fsp3) is 0.462. The minimum Gasteiger partial charge on any atom is -0.394 e. The minimum absolute atomic E-state index is 0.151. The molecule has 0 aliphatic carbocycles. The summed E-state index contributed by atoms with van der Waals surface area (Å²) in [6, 6.07) is 13.9. The van der Waals surface area contributed by atoms with Crippen molar-refractivity contribution in [3.63, 3.8) is 0 Å². The molecule has 2 heterocycles. The van der Waals surface area contributed by atoms with Crippen LogP contribution < -0.4 is 0 Å². The van der Waals surface area contributed by atoms with Crippen molar-refractivity contribution in [2.75, 3.05) is 13.2 Å². The zero-order valence-electron chi connectivity index (χ0n) is 18.9. The molecule has 2 aromatic carbocycles. The van der Waals surface area contributed by atoms with E-state index in [0.29, 0.717) is 22.3 Å². The number of hydrogen-bond acceptors (Lipinski definition) is 9. The maximum absolute atomic E-state index is 10.4. The summed E-state index contributed by atoms with van der Waals surface area (Å²) in [4.78, 5) is 0. The molecule has 9 atom stereocenters. The van der Waals surface area contributed by atoms with E-state index in [0.717, 1.165) is 0 Å². The highest BCUT2D eigenvalue weighted by Gasteiger charge is 2.44. The molecule has 35 heavy (non-hydrogen) atoms. The molecule has 2 aromatic rings. The number of rotatable bonds is 4. The monoisotopic (exact) mass is 486 g/mol. The summed E-state index contributed by atoms with van der Waals surface area (Å²) in [6.07, 6.45) is -9.59. The minimum atomic E-state index is -1.47.